The Morgan fingerprint density at radius 2 is 1.67 bits per heavy atom. The fraction of sp³-hybridized carbons (Fsp3) is 0.133. The third-order valence-electron chi connectivity index (χ3n) is 3.16. The number of aryl methyl sites for hydroxylation is 2. The molecule has 2 aromatic carbocycles. The maximum Gasteiger partial charge on any atom is 0.227 e. The van der Waals surface area contributed by atoms with Crippen molar-refractivity contribution >= 4 is 16.8 Å². The van der Waals surface area contributed by atoms with E-state index < -0.39 is 0 Å². The van der Waals surface area contributed by atoms with Gasteiger partial charge in [-0.25, -0.2) is 4.98 Å². The lowest BCUT2D eigenvalue weighted by atomic mass is 10.1. The molecule has 2 N–H and O–H groups in total. The van der Waals surface area contributed by atoms with Gasteiger partial charge in [-0.2, -0.15) is 0 Å². The molecule has 0 aliphatic rings. The molecule has 0 amide bonds. The Morgan fingerprint density at radius 1 is 1.00 bits per heavy atom. The molecule has 90 valence electrons. The van der Waals surface area contributed by atoms with E-state index in [0.717, 1.165) is 22.4 Å². The van der Waals surface area contributed by atoms with Gasteiger partial charge in [0.1, 0.15) is 5.52 Å². The first kappa shape index (κ1) is 10.8. The zero-order valence-electron chi connectivity index (χ0n) is 10.4. The number of oxazole rings is 1. The van der Waals surface area contributed by atoms with Gasteiger partial charge in [0, 0.05) is 11.3 Å². The number of nitrogen functional groups attached to an aromatic ring is 1. The number of aromatic nitrogens is 1. The van der Waals surface area contributed by atoms with Crippen molar-refractivity contribution in [2.45, 2.75) is 13.8 Å². The zero-order valence-corrected chi connectivity index (χ0v) is 10.4. The van der Waals surface area contributed by atoms with Crippen molar-refractivity contribution in [1.29, 1.82) is 0 Å². The van der Waals surface area contributed by atoms with Gasteiger partial charge in [-0.15, -0.1) is 0 Å². The molecule has 0 unspecified atom stereocenters. The fourth-order valence-corrected chi connectivity index (χ4v) is 1.93. The minimum absolute atomic E-state index is 0.634. The average Bonchev–Trinajstić information content (AvgIpc) is 2.73. The van der Waals surface area contributed by atoms with Crippen molar-refractivity contribution in [2.75, 3.05) is 5.73 Å². The molecule has 0 fully saturated rings. The van der Waals surface area contributed by atoms with Crippen LogP contribution in [0.1, 0.15) is 11.1 Å². The van der Waals surface area contributed by atoms with Crippen LogP contribution in [0.3, 0.4) is 0 Å². The Bertz CT molecular complexity index is 672. The van der Waals surface area contributed by atoms with Gasteiger partial charge >= 0.3 is 0 Å². The van der Waals surface area contributed by atoms with E-state index in [9.17, 15) is 0 Å². The second kappa shape index (κ2) is 3.88. The molecule has 1 aromatic heterocycles. The van der Waals surface area contributed by atoms with Crippen molar-refractivity contribution in [3.05, 3.63) is 47.5 Å². The van der Waals surface area contributed by atoms with E-state index >= 15 is 0 Å². The monoisotopic (exact) mass is 238 g/mol. The van der Waals surface area contributed by atoms with Gasteiger partial charge in [0.25, 0.3) is 0 Å². The molecule has 0 saturated carbocycles. The van der Waals surface area contributed by atoms with Gasteiger partial charge in [0.2, 0.25) is 5.89 Å². The van der Waals surface area contributed by atoms with Crippen LogP contribution in [-0.4, -0.2) is 4.98 Å². The van der Waals surface area contributed by atoms with Crippen LogP contribution in [0.25, 0.3) is 22.6 Å². The molecule has 0 radical (unpaired) electrons. The van der Waals surface area contributed by atoms with E-state index in [4.69, 9.17) is 10.2 Å². The largest absolute Gasteiger partial charge is 0.436 e. The van der Waals surface area contributed by atoms with E-state index in [2.05, 4.69) is 24.9 Å². The van der Waals surface area contributed by atoms with Crippen molar-refractivity contribution in [3.8, 4) is 11.5 Å². The van der Waals surface area contributed by atoms with Crippen LogP contribution in [-0.2, 0) is 0 Å². The molecule has 1 heterocycles. The number of benzene rings is 2. The first-order valence-electron chi connectivity index (χ1n) is 5.87. The number of fused-ring (bicyclic) bond motifs is 1. The Morgan fingerprint density at radius 3 is 2.39 bits per heavy atom. The topological polar surface area (TPSA) is 52.0 Å². The smallest absolute Gasteiger partial charge is 0.227 e. The number of nitrogens with zero attached hydrogens (tertiary/aromatic N) is 1. The Hall–Kier alpha value is -2.29. The second-order valence-corrected chi connectivity index (χ2v) is 4.55. The Balaban J connectivity index is 2.16. The number of nitrogens with two attached hydrogens (primary N) is 1. The van der Waals surface area contributed by atoms with Crippen LogP contribution in [0.15, 0.2) is 40.8 Å². The van der Waals surface area contributed by atoms with Gasteiger partial charge in [-0.1, -0.05) is 0 Å². The highest BCUT2D eigenvalue weighted by Crippen LogP contribution is 2.26. The number of rotatable bonds is 1. The number of anilines is 1. The van der Waals surface area contributed by atoms with Crippen molar-refractivity contribution < 1.29 is 4.42 Å². The zero-order chi connectivity index (χ0) is 12.7. The van der Waals surface area contributed by atoms with Crippen molar-refractivity contribution in [2.24, 2.45) is 0 Å². The van der Waals surface area contributed by atoms with Gasteiger partial charge in [0.15, 0.2) is 5.58 Å². The third-order valence-corrected chi connectivity index (χ3v) is 3.16. The molecule has 0 aliphatic carbocycles. The van der Waals surface area contributed by atoms with Gasteiger partial charge in [-0.05, 0) is 61.4 Å². The predicted molar refractivity (Wildman–Crippen MR) is 73.3 cm³/mol. The molecule has 18 heavy (non-hydrogen) atoms. The van der Waals surface area contributed by atoms with Gasteiger partial charge in [-0.3, -0.25) is 0 Å². The molecular weight excluding hydrogens is 224 g/mol. The maximum atomic E-state index is 5.78. The summed E-state index contributed by atoms with van der Waals surface area (Å²) >= 11 is 0. The van der Waals surface area contributed by atoms with E-state index in [0.29, 0.717) is 5.89 Å². The molecule has 3 nitrogen and oxygen atoms in total. The minimum Gasteiger partial charge on any atom is -0.436 e. The number of hydrogen-bond donors (Lipinski definition) is 1. The summed E-state index contributed by atoms with van der Waals surface area (Å²) in [4.78, 5) is 4.51. The first-order valence-corrected chi connectivity index (χ1v) is 5.87. The maximum absolute atomic E-state index is 5.78. The molecule has 3 aromatic rings. The molecule has 0 saturated heterocycles. The minimum atomic E-state index is 0.634. The highest BCUT2D eigenvalue weighted by molar-refractivity contribution is 5.78. The normalized spacial score (nSPS) is 11.0. The van der Waals surface area contributed by atoms with Crippen molar-refractivity contribution in [3.63, 3.8) is 0 Å². The van der Waals surface area contributed by atoms with E-state index in [1.54, 1.807) is 0 Å². The van der Waals surface area contributed by atoms with Crippen LogP contribution in [0.2, 0.25) is 0 Å². The van der Waals surface area contributed by atoms with E-state index in [-0.39, 0.29) is 0 Å². The Kier molecular flexibility index (Phi) is 2.33. The summed E-state index contributed by atoms with van der Waals surface area (Å²) in [7, 11) is 0. The van der Waals surface area contributed by atoms with Crippen LogP contribution >= 0.6 is 0 Å². The Labute approximate surface area is 105 Å². The highest BCUT2D eigenvalue weighted by atomic mass is 16.3. The molecule has 0 bridgehead atoms. The first-order chi connectivity index (χ1) is 8.63. The summed E-state index contributed by atoms with van der Waals surface area (Å²) in [5.41, 5.74) is 11.5. The standard InChI is InChI=1S/C15H14N2O/c1-9-7-13-14(8-10(9)2)18-15(17-13)11-3-5-12(16)6-4-11/h3-8H,16H2,1-2H3. The molecule has 0 spiro atoms. The van der Waals surface area contributed by atoms with Crippen molar-refractivity contribution in [1.82, 2.24) is 4.98 Å². The molecule has 3 rings (SSSR count). The lowest BCUT2D eigenvalue weighted by Gasteiger charge is -1.96. The van der Waals surface area contributed by atoms with E-state index in [1.807, 2.05) is 30.3 Å². The SMILES string of the molecule is Cc1cc2nc(-c3ccc(N)cc3)oc2cc1C. The molecule has 0 aliphatic heterocycles. The summed E-state index contributed by atoms with van der Waals surface area (Å²) in [6, 6.07) is 11.6. The summed E-state index contributed by atoms with van der Waals surface area (Å²) in [5, 5.41) is 0. The van der Waals surface area contributed by atoms with Crippen LogP contribution in [0.5, 0.6) is 0 Å². The second-order valence-electron chi connectivity index (χ2n) is 4.55. The fourth-order valence-electron chi connectivity index (χ4n) is 1.93. The summed E-state index contributed by atoms with van der Waals surface area (Å²) in [5.74, 6) is 0.634. The van der Waals surface area contributed by atoms with Crippen LogP contribution in [0, 0.1) is 13.8 Å². The van der Waals surface area contributed by atoms with Gasteiger partial charge < -0.3 is 10.2 Å². The van der Waals surface area contributed by atoms with Crippen LogP contribution in [0.4, 0.5) is 5.69 Å². The predicted octanol–water partition coefficient (Wildman–Crippen LogP) is 3.69. The van der Waals surface area contributed by atoms with Gasteiger partial charge in [0.05, 0.1) is 0 Å². The quantitative estimate of drug-likeness (QED) is 0.658. The summed E-state index contributed by atoms with van der Waals surface area (Å²) < 4.78 is 5.78. The average molecular weight is 238 g/mol. The van der Waals surface area contributed by atoms with E-state index in [1.165, 1.54) is 11.1 Å². The summed E-state index contributed by atoms with van der Waals surface area (Å²) in [6.45, 7) is 4.15. The number of hydrogen-bond acceptors (Lipinski definition) is 3. The lowest BCUT2D eigenvalue weighted by molar-refractivity contribution is 0.619. The van der Waals surface area contributed by atoms with Crippen LogP contribution < -0.4 is 5.73 Å². The molecule has 3 heteroatoms. The third kappa shape index (κ3) is 1.74. The highest BCUT2D eigenvalue weighted by Gasteiger charge is 2.09. The lowest BCUT2D eigenvalue weighted by Crippen LogP contribution is -1.83. The molecule has 0 atom stereocenters. The summed E-state index contributed by atoms with van der Waals surface area (Å²) in [6.07, 6.45) is 0. The molecular formula is C15H14N2O.